The molecule has 0 aromatic carbocycles. The van der Waals surface area contributed by atoms with Gasteiger partial charge in [-0.2, -0.15) is 0 Å². The standard InChI is InChI=1S/C11H11BrN4O2S/c1-7(2)18-9(17)3-4-16-6-13-10(15-16)8-5-19-11(12)14-8/h3-7H,1-2H3. The van der Waals surface area contributed by atoms with Crippen LogP contribution < -0.4 is 0 Å². The lowest BCUT2D eigenvalue weighted by Gasteiger charge is -2.03. The number of thiazole rings is 1. The Morgan fingerprint density at radius 3 is 3.00 bits per heavy atom. The van der Waals surface area contributed by atoms with Crippen LogP contribution in [0.1, 0.15) is 13.8 Å². The van der Waals surface area contributed by atoms with E-state index in [9.17, 15) is 4.79 Å². The topological polar surface area (TPSA) is 69.9 Å². The molecule has 0 aliphatic carbocycles. The van der Waals surface area contributed by atoms with Crippen molar-refractivity contribution in [1.29, 1.82) is 0 Å². The Morgan fingerprint density at radius 2 is 2.37 bits per heavy atom. The quantitative estimate of drug-likeness (QED) is 0.630. The van der Waals surface area contributed by atoms with E-state index in [0.717, 1.165) is 3.92 Å². The first-order chi connectivity index (χ1) is 9.04. The maximum Gasteiger partial charge on any atom is 0.332 e. The van der Waals surface area contributed by atoms with Crippen LogP contribution in [-0.4, -0.2) is 31.8 Å². The Labute approximate surface area is 122 Å². The summed E-state index contributed by atoms with van der Waals surface area (Å²) in [5.74, 6) is 0.0901. The monoisotopic (exact) mass is 342 g/mol. The van der Waals surface area contributed by atoms with Gasteiger partial charge in [-0.05, 0) is 29.8 Å². The van der Waals surface area contributed by atoms with Crippen LogP contribution in [0.2, 0.25) is 0 Å². The molecule has 2 aromatic heterocycles. The molecule has 100 valence electrons. The first-order valence-corrected chi connectivity index (χ1v) is 7.13. The number of rotatable bonds is 4. The van der Waals surface area contributed by atoms with Gasteiger partial charge in [0.05, 0.1) is 6.10 Å². The van der Waals surface area contributed by atoms with Crippen LogP contribution in [0.25, 0.3) is 17.7 Å². The lowest BCUT2D eigenvalue weighted by atomic mass is 10.5. The molecule has 0 radical (unpaired) electrons. The first-order valence-electron chi connectivity index (χ1n) is 5.46. The average Bonchev–Trinajstić information content (AvgIpc) is 2.94. The van der Waals surface area contributed by atoms with Gasteiger partial charge in [0, 0.05) is 17.7 Å². The summed E-state index contributed by atoms with van der Waals surface area (Å²) in [4.78, 5) is 19.6. The fraction of sp³-hybridized carbons (Fsp3) is 0.273. The fourth-order valence-corrected chi connectivity index (χ4v) is 2.22. The molecule has 6 nitrogen and oxygen atoms in total. The summed E-state index contributed by atoms with van der Waals surface area (Å²) in [6, 6.07) is 0. The highest BCUT2D eigenvalue weighted by Gasteiger charge is 2.07. The van der Waals surface area contributed by atoms with E-state index >= 15 is 0 Å². The number of carbonyl (C=O) groups excluding carboxylic acids is 1. The second kappa shape index (κ2) is 6.07. The van der Waals surface area contributed by atoms with Gasteiger partial charge < -0.3 is 4.74 Å². The molecule has 2 aromatic rings. The third-order valence-electron chi connectivity index (χ3n) is 1.93. The van der Waals surface area contributed by atoms with Crippen LogP contribution in [-0.2, 0) is 9.53 Å². The van der Waals surface area contributed by atoms with Crippen LogP contribution in [0.4, 0.5) is 0 Å². The number of carbonyl (C=O) groups is 1. The van der Waals surface area contributed by atoms with E-state index in [-0.39, 0.29) is 6.10 Å². The maximum absolute atomic E-state index is 11.3. The average molecular weight is 343 g/mol. The van der Waals surface area contributed by atoms with Gasteiger partial charge in [0.1, 0.15) is 12.0 Å². The van der Waals surface area contributed by atoms with E-state index < -0.39 is 5.97 Å². The van der Waals surface area contributed by atoms with Crippen LogP contribution >= 0.6 is 27.3 Å². The second-order valence-electron chi connectivity index (χ2n) is 3.84. The van der Waals surface area contributed by atoms with Crippen molar-refractivity contribution in [3.8, 4) is 11.5 Å². The molecular formula is C11H11BrN4O2S. The molecule has 19 heavy (non-hydrogen) atoms. The number of esters is 1. The summed E-state index contributed by atoms with van der Waals surface area (Å²) >= 11 is 4.74. The predicted molar refractivity (Wildman–Crippen MR) is 75.4 cm³/mol. The van der Waals surface area contributed by atoms with Crippen molar-refractivity contribution in [3.63, 3.8) is 0 Å². The molecular weight excluding hydrogens is 332 g/mol. The fourth-order valence-electron chi connectivity index (χ4n) is 1.23. The van der Waals surface area contributed by atoms with Gasteiger partial charge in [-0.1, -0.05) is 0 Å². The zero-order chi connectivity index (χ0) is 13.8. The summed E-state index contributed by atoms with van der Waals surface area (Å²) in [5, 5.41) is 6.03. The van der Waals surface area contributed by atoms with E-state index in [1.165, 1.54) is 34.6 Å². The number of hydrogen-bond acceptors (Lipinski definition) is 6. The van der Waals surface area contributed by atoms with Crippen molar-refractivity contribution in [2.45, 2.75) is 20.0 Å². The summed E-state index contributed by atoms with van der Waals surface area (Å²) < 4.78 is 7.17. The molecule has 2 heterocycles. The number of halogens is 1. The Kier molecular flexibility index (Phi) is 4.43. The lowest BCUT2D eigenvalue weighted by molar-refractivity contribution is -0.141. The van der Waals surface area contributed by atoms with E-state index in [2.05, 4.69) is 31.0 Å². The Hall–Kier alpha value is -1.54. The molecule has 2 rings (SSSR count). The largest absolute Gasteiger partial charge is 0.460 e. The normalized spacial score (nSPS) is 11.4. The molecule has 0 saturated heterocycles. The molecule has 0 saturated carbocycles. The van der Waals surface area contributed by atoms with E-state index in [1.54, 1.807) is 13.8 Å². The lowest BCUT2D eigenvalue weighted by Crippen LogP contribution is -2.08. The summed E-state index contributed by atoms with van der Waals surface area (Å²) in [6.07, 6.45) is 4.15. The van der Waals surface area contributed by atoms with Crippen molar-refractivity contribution in [1.82, 2.24) is 19.7 Å². The minimum Gasteiger partial charge on any atom is -0.460 e. The minimum atomic E-state index is -0.413. The number of ether oxygens (including phenoxy) is 1. The third-order valence-corrected chi connectivity index (χ3v) is 3.29. The van der Waals surface area contributed by atoms with E-state index in [4.69, 9.17) is 4.74 Å². The van der Waals surface area contributed by atoms with Crippen molar-refractivity contribution >= 4 is 39.4 Å². The number of nitrogens with zero attached hydrogens (tertiary/aromatic N) is 4. The molecule has 0 fully saturated rings. The molecule has 0 spiro atoms. The second-order valence-corrected chi connectivity index (χ2v) is 5.97. The van der Waals surface area contributed by atoms with Gasteiger partial charge in [0.15, 0.2) is 3.92 Å². The molecule has 0 N–H and O–H groups in total. The highest BCUT2D eigenvalue weighted by molar-refractivity contribution is 9.11. The molecule has 0 unspecified atom stereocenters. The van der Waals surface area contributed by atoms with Gasteiger partial charge in [0.25, 0.3) is 0 Å². The molecule has 0 amide bonds. The van der Waals surface area contributed by atoms with Crippen molar-refractivity contribution in [3.05, 3.63) is 21.7 Å². The summed E-state index contributed by atoms with van der Waals surface area (Å²) in [7, 11) is 0. The number of aromatic nitrogens is 4. The van der Waals surface area contributed by atoms with Crippen molar-refractivity contribution in [2.24, 2.45) is 0 Å². The molecule has 0 atom stereocenters. The summed E-state index contributed by atoms with van der Waals surface area (Å²) in [5.41, 5.74) is 0.689. The number of hydrogen-bond donors (Lipinski definition) is 0. The Morgan fingerprint density at radius 1 is 1.58 bits per heavy atom. The van der Waals surface area contributed by atoms with Crippen LogP contribution in [0.15, 0.2) is 21.7 Å². The van der Waals surface area contributed by atoms with E-state index in [1.807, 2.05) is 5.38 Å². The van der Waals surface area contributed by atoms with Gasteiger partial charge in [-0.25, -0.2) is 19.4 Å². The highest BCUT2D eigenvalue weighted by atomic mass is 79.9. The summed E-state index contributed by atoms with van der Waals surface area (Å²) in [6.45, 7) is 3.58. The Balaban J connectivity index is 2.05. The predicted octanol–water partition coefficient (Wildman–Crippen LogP) is 2.59. The SMILES string of the molecule is CC(C)OC(=O)C=Cn1cnc(-c2csc(Br)n2)n1. The van der Waals surface area contributed by atoms with Crippen molar-refractivity contribution in [2.75, 3.05) is 0 Å². The first kappa shape index (κ1) is 13.9. The minimum absolute atomic E-state index is 0.143. The molecule has 8 heteroatoms. The van der Waals surface area contributed by atoms with Gasteiger partial charge in [-0.15, -0.1) is 16.4 Å². The van der Waals surface area contributed by atoms with Crippen molar-refractivity contribution < 1.29 is 9.53 Å². The molecule has 0 aliphatic rings. The zero-order valence-corrected chi connectivity index (χ0v) is 12.7. The van der Waals surface area contributed by atoms with Crippen LogP contribution in [0.5, 0.6) is 0 Å². The van der Waals surface area contributed by atoms with Crippen LogP contribution in [0, 0.1) is 0 Å². The highest BCUT2D eigenvalue weighted by Crippen LogP contribution is 2.21. The van der Waals surface area contributed by atoms with Gasteiger partial charge in [-0.3, -0.25) is 0 Å². The Bertz CT molecular complexity index is 605. The van der Waals surface area contributed by atoms with Gasteiger partial charge in [0.2, 0.25) is 5.82 Å². The third kappa shape index (κ3) is 3.97. The maximum atomic E-state index is 11.3. The molecule has 0 aliphatic heterocycles. The zero-order valence-electron chi connectivity index (χ0n) is 10.3. The smallest absolute Gasteiger partial charge is 0.332 e. The molecule has 0 bridgehead atoms. The van der Waals surface area contributed by atoms with Gasteiger partial charge >= 0.3 is 5.97 Å². The van der Waals surface area contributed by atoms with Crippen LogP contribution in [0.3, 0.4) is 0 Å². The van der Waals surface area contributed by atoms with E-state index in [0.29, 0.717) is 11.5 Å².